The summed E-state index contributed by atoms with van der Waals surface area (Å²) in [5.74, 6) is -1.42. The van der Waals surface area contributed by atoms with Crippen molar-refractivity contribution < 1.29 is 57.2 Å². The van der Waals surface area contributed by atoms with Gasteiger partial charge in [0.15, 0.2) is 0 Å². The summed E-state index contributed by atoms with van der Waals surface area (Å²) in [4.78, 5) is 23.5. The number of unbranched alkanes of at least 4 members (excludes halogenated alkanes) is 8. The van der Waals surface area contributed by atoms with Crippen LogP contribution in [-0.2, 0) is 19.7 Å². The molecule has 0 aliphatic heterocycles. The van der Waals surface area contributed by atoms with E-state index in [0.29, 0.717) is 6.42 Å². The number of rotatable bonds is 15. The van der Waals surface area contributed by atoms with Crippen molar-refractivity contribution in [3.8, 4) is 0 Å². The van der Waals surface area contributed by atoms with Gasteiger partial charge in [-0.25, -0.2) is 0 Å². The molecule has 0 heterocycles. The predicted molar refractivity (Wildman–Crippen MR) is 105 cm³/mol. The smallest absolute Gasteiger partial charge is 0.550 e. The Bertz CT molecular complexity index is 488. The molecule has 0 fully saturated rings. The van der Waals surface area contributed by atoms with Gasteiger partial charge in [-0.2, -0.15) is 8.42 Å². The number of nitrogens with zero attached hydrogens (tertiary/aromatic N) is 1. The molecule has 28 heavy (non-hydrogen) atoms. The van der Waals surface area contributed by atoms with Crippen molar-refractivity contribution in [2.75, 3.05) is 25.9 Å². The molecule has 0 atom stereocenters. The van der Waals surface area contributed by atoms with E-state index in [1.54, 1.807) is 7.05 Å². The summed E-state index contributed by atoms with van der Waals surface area (Å²) in [5.41, 5.74) is 4.78. The van der Waals surface area contributed by atoms with Crippen LogP contribution in [0.3, 0.4) is 0 Å². The van der Waals surface area contributed by atoms with E-state index >= 15 is 0 Å². The Hall–Kier alpha value is -0.190. The van der Waals surface area contributed by atoms with E-state index in [9.17, 15) is 23.1 Å². The zero-order valence-electron chi connectivity index (χ0n) is 17.8. The topological polar surface area (TPSA) is 141 Å². The average Bonchev–Trinajstić information content (AvgIpc) is 2.57. The van der Waals surface area contributed by atoms with Crippen LogP contribution < -0.4 is 40.4 Å². The average molecular weight is 433 g/mol. The van der Waals surface area contributed by atoms with E-state index in [1.165, 1.54) is 49.8 Å². The first-order valence-corrected chi connectivity index (χ1v) is 11.3. The second-order valence-corrected chi connectivity index (χ2v) is 8.16. The summed E-state index contributed by atoms with van der Waals surface area (Å²) in [6.07, 6.45) is 11.5. The molecule has 0 rings (SSSR count). The third-order valence-electron chi connectivity index (χ3n) is 3.95. The number of carboxylic acid groups (broad SMARTS) is 1. The molecule has 0 radical (unpaired) electrons. The summed E-state index contributed by atoms with van der Waals surface area (Å²) in [6, 6.07) is 0. The van der Waals surface area contributed by atoms with Crippen LogP contribution in [0, 0.1) is 0 Å². The fourth-order valence-electron chi connectivity index (χ4n) is 2.31. The van der Waals surface area contributed by atoms with Crippen LogP contribution >= 0.6 is 0 Å². The molecule has 3 N–H and O–H groups in total. The third kappa shape index (κ3) is 28.0. The first kappa shape index (κ1) is 32.5. The minimum atomic E-state index is -3.80. The molecule has 1 amide bonds. The number of carbonyl (C=O) groups is 2. The van der Waals surface area contributed by atoms with Crippen LogP contribution in [-0.4, -0.2) is 55.6 Å². The largest absolute Gasteiger partial charge is 1.00 e. The van der Waals surface area contributed by atoms with Crippen LogP contribution in [0.5, 0.6) is 0 Å². The molecular weight excluding hydrogens is 395 g/mol. The van der Waals surface area contributed by atoms with Crippen LogP contribution in [0.2, 0.25) is 0 Å². The molecule has 10 heteroatoms. The van der Waals surface area contributed by atoms with Gasteiger partial charge in [0, 0.05) is 38.9 Å². The minimum absolute atomic E-state index is 0. The molecule has 0 saturated heterocycles. The molecule has 0 saturated carbocycles. The Morgan fingerprint density at radius 1 is 0.964 bits per heavy atom. The number of carbonyl (C=O) groups excluding carboxylic acids is 2. The monoisotopic (exact) mass is 432 g/mol. The van der Waals surface area contributed by atoms with Crippen molar-refractivity contribution in [1.29, 1.82) is 0 Å². The summed E-state index contributed by atoms with van der Waals surface area (Å²) < 4.78 is 27.3. The van der Waals surface area contributed by atoms with Crippen LogP contribution in [0.25, 0.3) is 0 Å². The fraction of sp³-hybridized carbons (Fsp3) is 0.889. The maximum atomic E-state index is 11.7. The predicted octanol–water partition coefficient (Wildman–Crippen LogP) is -1.66. The van der Waals surface area contributed by atoms with Crippen LogP contribution in [0.15, 0.2) is 0 Å². The molecule has 0 aliphatic carbocycles. The van der Waals surface area contributed by atoms with Crippen molar-refractivity contribution in [1.82, 2.24) is 4.90 Å². The SMILES string of the molecule is CCCCCCCCCCCC(=O)N(C)CCC(=O)[O-].NCCS(=O)(=O)O.[Na+]. The number of carboxylic acids is 1. The van der Waals surface area contributed by atoms with Gasteiger partial charge in [-0.05, 0) is 6.42 Å². The molecule has 0 spiro atoms. The molecule has 162 valence electrons. The first-order chi connectivity index (χ1) is 12.6. The number of hydrogen-bond donors (Lipinski definition) is 2. The third-order valence-corrected chi connectivity index (χ3v) is 4.70. The Labute approximate surface area is 192 Å². The van der Waals surface area contributed by atoms with Gasteiger partial charge >= 0.3 is 29.6 Å². The Morgan fingerprint density at radius 3 is 1.79 bits per heavy atom. The van der Waals surface area contributed by atoms with E-state index < -0.39 is 16.1 Å². The summed E-state index contributed by atoms with van der Waals surface area (Å²) in [7, 11) is -2.15. The Kier molecular flexibility index (Phi) is 25.0. The Morgan fingerprint density at radius 2 is 1.43 bits per heavy atom. The van der Waals surface area contributed by atoms with Gasteiger partial charge < -0.3 is 20.5 Å². The van der Waals surface area contributed by atoms with Crippen LogP contribution in [0.4, 0.5) is 0 Å². The van der Waals surface area contributed by atoms with Gasteiger partial charge in [0.25, 0.3) is 10.1 Å². The normalized spacial score (nSPS) is 10.4. The van der Waals surface area contributed by atoms with Crippen molar-refractivity contribution in [3.05, 3.63) is 0 Å². The van der Waals surface area contributed by atoms with E-state index in [2.05, 4.69) is 6.92 Å². The maximum absolute atomic E-state index is 11.7. The number of amides is 1. The van der Waals surface area contributed by atoms with Crippen molar-refractivity contribution in [2.45, 2.75) is 77.6 Å². The van der Waals surface area contributed by atoms with Gasteiger partial charge in [0.05, 0.1) is 5.75 Å². The fourth-order valence-corrected chi connectivity index (χ4v) is 2.61. The van der Waals surface area contributed by atoms with Gasteiger partial charge in [-0.3, -0.25) is 9.35 Å². The molecule has 8 nitrogen and oxygen atoms in total. The van der Waals surface area contributed by atoms with Crippen molar-refractivity contribution >= 4 is 22.0 Å². The van der Waals surface area contributed by atoms with Gasteiger partial charge in [-0.1, -0.05) is 58.3 Å². The first-order valence-electron chi connectivity index (χ1n) is 9.73. The number of hydrogen-bond acceptors (Lipinski definition) is 6. The second-order valence-electron chi connectivity index (χ2n) is 6.59. The number of aliphatic carboxylic acids is 1. The molecule has 0 aromatic rings. The molecular formula is C18H37N2NaO6S. The van der Waals surface area contributed by atoms with Gasteiger partial charge in [0.2, 0.25) is 5.91 Å². The van der Waals surface area contributed by atoms with E-state index in [1.807, 2.05) is 0 Å². The van der Waals surface area contributed by atoms with Gasteiger partial charge in [-0.15, -0.1) is 0 Å². The summed E-state index contributed by atoms with van der Waals surface area (Å²) in [5, 5.41) is 10.3. The minimum Gasteiger partial charge on any atom is -0.550 e. The van der Waals surface area contributed by atoms with E-state index in [0.717, 1.165) is 12.8 Å². The standard InChI is InChI=1S/C16H31NO3.C2H7NO3S.Na/c1-3-4-5-6-7-8-9-10-11-12-15(18)17(2)14-13-16(19)20;3-1-2-7(4,5)6;/h3-14H2,1-2H3,(H,19,20);1-3H2,(H,4,5,6);/q;;+1/p-1. The molecule has 0 aromatic carbocycles. The summed E-state index contributed by atoms with van der Waals surface area (Å²) in [6.45, 7) is 2.44. The number of nitrogens with two attached hydrogens (primary N) is 1. The second kappa shape index (κ2) is 21.5. The Balaban J connectivity index is -0.000000665. The molecule has 0 aliphatic rings. The van der Waals surface area contributed by atoms with Crippen molar-refractivity contribution in [2.24, 2.45) is 5.73 Å². The molecule has 0 bridgehead atoms. The van der Waals surface area contributed by atoms with Gasteiger partial charge in [0.1, 0.15) is 0 Å². The molecule has 0 unspecified atom stereocenters. The van der Waals surface area contributed by atoms with Crippen molar-refractivity contribution in [3.63, 3.8) is 0 Å². The van der Waals surface area contributed by atoms with E-state index in [4.69, 9.17) is 10.3 Å². The quantitative estimate of drug-likeness (QED) is 0.179. The maximum Gasteiger partial charge on any atom is 1.00 e. The zero-order chi connectivity index (χ0) is 21.1. The van der Waals surface area contributed by atoms with Crippen LogP contribution in [0.1, 0.15) is 77.6 Å². The zero-order valence-corrected chi connectivity index (χ0v) is 20.6. The molecule has 0 aromatic heterocycles. The summed E-state index contributed by atoms with van der Waals surface area (Å²) >= 11 is 0. The van der Waals surface area contributed by atoms with E-state index in [-0.39, 0.29) is 60.7 Å².